The van der Waals surface area contributed by atoms with Crippen molar-refractivity contribution in [3.05, 3.63) is 24.2 Å². The number of furan rings is 1. The normalized spacial score (nSPS) is 17.4. The molecule has 0 unspecified atom stereocenters. The molecule has 6 heteroatoms. The van der Waals surface area contributed by atoms with E-state index in [1.54, 1.807) is 13.3 Å². The molecule has 0 saturated heterocycles. The number of aliphatic imine (C=N–C) groups is 1. The fraction of sp³-hybridized carbons (Fsp3) is 0.706. The molecule has 0 spiro atoms. The van der Waals surface area contributed by atoms with Crippen molar-refractivity contribution in [2.45, 2.75) is 57.6 Å². The Morgan fingerprint density at radius 3 is 2.70 bits per heavy atom. The maximum Gasteiger partial charge on any atom is 0.191 e. The summed E-state index contributed by atoms with van der Waals surface area (Å²) in [5, 5.41) is 6.70. The van der Waals surface area contributed by atoms with Crippen LogP contribution in [0.2, 0.25) is 0 Å². The van der Waals surface area contributed by atoms with Gasteiger partial charge in [0.2, 0.25) is 0 Å². The topological polar surface area (TPSA) is 58.8 Å². The summed E-state index contributed by atoms with van der Waals surface area (Å²) in [5.74, 6) is 1.69. The van der Waals surface area contributed by atoms with Gasteiger partial charge in [0.15, 0.2) is 5.96 Å². The first-order valence-electron chi connectivity index (χ1n) is 8.39. The van der Waals surface area contributed by atoms with E-state index >= 15 is 0 Å². The zero-order chi connectivity index (χ0) is 15.7. The fourth-order valence-electron chi connectivity index (χ4n) is 2.94. The molecular formula is C17H30IN3O2. The molecule has 0 bridgehead atoms. The zero-order valence-electron chi connectivity index (χ0n) is 14.3. The molecule has 2 N–H and O–H groups in total. The molecule has 23 heavy (non-hydrogen) atoms. The number of nitrogens with zero attached hydrogens (tertiary/aromatic N) is 1. The largest absolute Gasteiger partial charge is 0.467 e. The Hall–Kier alpha value is -0.760. The molecule has 0 aliphatic heterocycles. The van der Waals surface area contributed by atoms with E-state index in [1.165, 1.54) is 19.3 Å². The van der Waals surface area contributed by atoms with E-state index in [-0.39, 0.29) is 29.6 Å². The molecule has 0 atom stereocenters. The van der Waals surface area contributed by atoms with E-state index in [0.717, 1.165) is 44.1 Å². The molecule has 0 amide bonds. The van der Waals surface area contributed by atoms with Crippen LogP contribution in [-0.2, 0) is 11.3 Å². The van der Waals surface area contributed by atoms with Gasteiger partial charge in [-0.15, -0.1) is 24.0 Å². The summed E-state index contributed by atoms with van der Waals surface area (Å²) in [7, 11) is 1.79. The molecule has 5 nitrogen and oxygen atoms in total. The van der Waals surface area contributed by atoms with Gasteiger partial charge in [-0.25, -0.2) is 0 Å². The minimum Gasteiger partial charge on any atom is -0.467 e. The number of nitrogens with one attached hydrogen (secondary N) is 2. The SMILES string of the molecule is CCCOC1(CNC(=NC)NCc2ccco2)CCCCC1.I. The predicted molar refractivity (Wildman–Crippen MR) is 104 cm³/mol. The van der Waals surface area contributed by atoms with Gasteiger partial charge in [0.25, 0.3) is 0 Å². The average molecular weight is 435 g/mol. The molecule has 132 valence electrons. The van der Waals surface area contributed by atoms with Crippen LogP contribution in [0, 0.1) is 0 Å². The van der Waals surface area contributed by atoms with E-state index in [1.807, 2.05) is 12.1 Å². The van der Waals surface area contributed by atoms with Crippen LogP contribution in [0.3, 0.4) is 0 Å². The summed E-state index contributed by atoms with van der Waals surface area (Å²) in [6.07, 6.45) is 8.84. The van der Waals surface area contributed by atoms with Crippen LogP contribution in [0.25, 0.3) is 0 Å². The third-order valence-corrected chi connectivity index (χ3v) is 4.19. The molecule has 1 aliphatic carbocycles. The summed E-state index contributed by atoms with van der Waals surface area (Å²) >= 11 is 0. The van der Waals surface area contributed by atoms with Crippen molar-refractivity contribution >= 4 is 29.9 Å². The Morgan fingerprint density at radius 2 is 2.09 bits per heavy atom. The van der Waals surface area contributed by atoms with Gasteiger partial charge < -0.3 is 19.8 Å². The summed E-state index contributed by atoms with van der Waals surface area (Å²) in [6, 6.07) is 3.84. The third-order valence-electron chi connectivity index (χ3n) is 4.19. The molecule has 1 aromatic heterocycles. The predicted octanol–water partition coefficient (Wildman–Crippen LogP) is 3.69. The van der Waals surface area contributed by atoms with E-state index in [2.05, 4.69) is 22.5 Å². The number of hydrogen-bond acceptors (Lipinski definition) is 3. The van der Waals surface area contributed by atoms with Gasteiger partial charge in [-0.05, 0) is 31.4 Å². The molecule has 0 radical (unpaired) electrons. The first-order chi connectivity index (χ1) is 10.8. The zero-order valence-corrected chi connectivity index (χ0v) is 16.6. The summed E-state index contributed by atoms with van der Waals surface area (Å²) < 4.78 is 11.5. The number of rotatable bonds is 7. The lowest BCUT2D eigenvalue weighted by Gasteiger charge is -2.37. The van der Waals surface area contributed by atoms with Crippen molar-refractivity contribution < 1.29 is 9.15 Å². The highest BCUT2D eigenvalue weighted by atomic mass is 127. The van der Waals surface area contributed by atoms with Crippen molar-refractivity contribution in [2.24, 2.45) is 4.99 Å². The second-order valence-electron chi connectivity index (χ2n) is 5.95. The van der Waals surface area contributed by atoms with Gasteiger partial charge >= 0.3 is 0 Å². The highest BCUT2D eigenvalue weighted by molar-refractivity contribution is 14.0. The van der Waals surface area contributed by atoms with Crippen molar-refractivity contribution in [2.75, 3.05) is 20.2 Å². The molecule has 1 aromatic rings. The lowest BCUT2D eigenvalue weighted by atomic mass is 9.84. The van der Waals surface area contributed by atoms with Crippen molar-refractivity contribution in [3.63, 3.8) is 0 Å². The second-order valence-corrected chi connectivity index (χ2v) is 5.95. The first-order valence-corrected chi connectivity index (χ1v) is 8.39. The van der Waals surface area contributed by atoms with Gasteiger partial charge in [0.05, 0.1) is 18.4 Å². The van der Waals surface area contributed by atoms with Gasteiger partial charge in [0, 0.05) is 20.2 Å². The molecule has 0 aromatic carbocycles. The Labute approximate surface area is 156 Å². The maximum atomic E-state index is 6.20. The molecule has 1 fully saturated rings. The van der Waals surface area contributed by atoms with Crippen LogP contribution in [-0.4, -0.2) is 31.8 Å². The van der Waals surface area contributed by atoms with Crippen LogP contribution in [0.1, 0.15) is 51.2 Å². The van der Waals surface area contributed by atoms with Crippen molar-refractivity contribution in [3.8, 4) is 0 Å². The highest BCUT2D eigenvalue weighted by Crippen LogP contribution is 2.31. The lowest BCUT2D eigenvalue weighted by molar-refractivity contribution is -0.0657. The number of halogens is 1. The Morgan fingerprint density at radius 1 is 1.30 bits per heavy atom. The quantitative estimate of drug-likeness (QED) is 0.390. The summed E-state index contributed by atoms with van der Waals surface area (Å²) in [4.78, 5) is 4.28. The van der Waals surface area contributed by atoms with E-state index in [9.17, 15) is 0 Å². The maximum absolute atomic E-state index is 6.20. The molecule has 1 aliphatic rings. The standard InChI is InChI=1S/C17H29N3O2.HI/c1-3-11-22-17(9-5-4-6-10-17)14-20-16(18-2)19-13-15-8-7-12-21-15;/h7-8,12H,3-6,9-11,13-14H2,1-2H3,(H2,18,19,20);1H. The van der Waals surface area contributed by atoms with Crippen molar-refractivity contribution in [1.29, 1.82) is 0 Å². The van der Waals surface area contributed by atoms with Crippen LogP contribution in [0.15, 0.2) is 27.8 Å². The van der Waals surface area contributed by atoms with Gasteiger partial charge in [0.1, 0.15) is 5.76 Å². The van der Waals surface area contributed by atoms with Crippen molar-refractivity contribution in [1.82, 2.24) is 10.6 Å². The Kier molecular flexibility index (Phi) is 9.62. The van der Waals surface area contributed by atoms with Crippen LogP contribution < -0.4 is 10.6 Å². The van der Waals surface area contributed by atoms with Gasteiger partial charge in [-0.1, -0.05) is 26.2 Å². The number of hydrogen-bond donors (Lipinski definition) is 2. The summed E-state index contributed by atoms with van der Waals surface area (Å²) in [6.45, 7) is 4.44. The lowest BCUT2D eigenvalue weighted by Crippen LogP contribution is -2.49. The summed E-state index contributed by atoms with van der Waals surface area (Å²) in [5.41, 5.74) is -0.0312. The number of ether oxygens (including phenoxy) is 1. The van der Waals surface area contributed by atoms with Gasteiger partial charge in [-0.2, -0.15) is 0 Å². The molecule has 1 saturated carbocycles. The Balaban J connectivity index is 0.00000264. The average Bonchev–Trinajstić information content (AvgIpc) is 3.07. The Bertz CT molecular complexity index is 443. The molecule has 1 heterocycles. The molecular weight excluding hydrogens is 405 g/mol. The molecule has 2 rings (SSSR count). The minimum atomic E-state index is -0.0312. The second kappa shape index (κ2) is 10.9. The van der Waals surface area contributed by atoms with Gasteiger partial charge in [-0.3, -0.25) is 4.99 Å². The smallest absolute Gasteiger partial charge is 0.191 e. The highest BCUT2D eigenvalue weighted by Gasteiger charge is 2.32. The first kappa shape index (κ1) is 20.3. The van der Waals surface area contributed by atoms with E-state index in [4.69, 9.17) is 9.15 Å². The monoisotopic (exact) mass is 435 g/mol. The van der Waals surface area contributed by atoms with Crippen LogP contribution in [0.4, 0.5) is 0 Å². The fourth-order valence-corrected chi connectivity index (χ4v) is 2.94. The van der Waals surface area contributed by atoms with Crippen LogP contribution >= 0.6 is 24.0 Å². The third kappa shape index (κ3) is 6.71. The van der Waals surface area contributed by atoms with E-state index in [0.29, 0.717) is 6.54 Å². The number of guanidine groups is 1. The van der Waals surface area contributed by atoms with Crippen LogP contribution in [0.5, 0.6) is 0 Å². The minimum absolute atomic E-state index is 0. The van der Waals surface area contributed by atoms with E-state index < -0.39 is 0 Å².